The molecule has 0 saturated carbocycles. The molecule has 1 aromatic carbocycles. The maximum atomic E-state index is 12.7. The second-order valence-electron chi connectivity index (χ2n) is 4.89. The first kappa shape index (κ1) is 12.6. The van der Waals surface area contributed by atoms with E-state index in [4.69, 9.17) is 0 Å². The van der Waals surface area contributed by atoms with E-state index < -0.39 is 0 Å². The predicted molar refractivity (Wildman–Crippen MR) is 80.9 cm³/mol. The summed E-state index contributed by atoms with van der Waals surface area (Å²) in [5.74, 6) is 0.0346. The molecule has 1 heterocycles. The van der Waals surface area contributed by atoms with Crippen molar-refractivity contribution in [2.75, 3.05) is 13.1 Å². The van der Waals surface area contributed by atoms with Crippen LogP contribution in [-0.4, -0.2) is 29.6 Å². The van der Waals surface area contributed by atoms with E-state index >= 15 is 0 Å². The Balaban J connectivity index is 1.94. The van der Waals surface area contributed by atoms with Crippen LogP contribution >= 0.6 is 0 Å². The summed E-state index contributed by atoms with van der Waals surface area (Å²) >= 11 is 0. The van der Waals surface area contributed by atoms with Crippen LogP contribution in [0.5, 0.6) is 0 Å². The molecule has 0 bridgehead atoms. The molecular weight excluding hydrogens is 248 g/mol. The van der Waals surface area contributed by atoms with E-state index in [2.05, 4.69) is 4.99 Å². The number of amides is 1. The molecule has 3 nitrogen and oxygen atoms in total. The van der Waals surface area contributed by atoms with Crippen molar-refractivity contribution in [1.29, 1.82) is 0 Å². The van der Waals surface area contributed by atoms with Gasteiger partial charge in [0.1, 0.15) is 0 Å². The molecule has 2 aliphatic rings. The number of hydrogen-bond donors (Lipinski definition) is 0. The topological polar surface area (TPSA) is 32.7 Å². The molecule has 0 unspecified atom stereocenters. The van der Waals surface area contributed by atoms with Crippen molar-refractivity contribution in [1.82, 2.24) is 4.90 Å². The Hall–Kier alpha value is -2.42. The molecule has 0 fully saturated rings. The summed E-state index contributed by atoms with van der Waals surface area (Å²) in [6.07, 6.45) is 9.73. The van der Waals surface area contributed by atoms with Gasteiger partial charge >= 0.3 is 0 Å². The first-order chi connectivity index (χ1) is 9.75. The lowest BCUT2D eigenvalue weighted by atomic mass is 10.1. The summed E-state index contributed by atoms with van der Waals surface area (Å²) in [4.78, 5) is 19.0. The molecule has 0 atom stereocenters. The van der Waals surface area contributed by atoms with Gasteiger partial charge in [-0.1, -0.05) is 35.9 Å². The van der Waals surface area contributed by atoms with Gasteiger partial charge in [0.15, 0.2) is 0 Å². The van der Waals surface area contributed by atoms with Crippen LogP contribution in [0.25, 0.3) is 0 Å². The number of hydrogen-bond acceptors (Lipinski definition) is 2. The minimum atomic E-state index is 0.0346. The van der Waals surface area contributed by atoms with Crippen LogP contribution in [0, 0.1) is 6.92 Å². The fourth-order valence-electron chi connectivity index (χ4n) is 2.34. The van der Waals surface area contributed by atoms with Crippen molar-refractivity contribution in [2.45, 2.75) is 6.92 Å². The number of nitrogens with zero attached hydrogens (tertiary/aromatic N) is 2. The Morgan fingerprint density at radius 3 is 2.75 bits per heavy atom. The van der Waals surface area contributed by atoms with Gasteiger partial charge in [-0.25, -0.2) is 0 Å². The number of allylic oxidation sites excluding steroid dienone is 5. The first-order valence-corrected chi connectivity index (χ1v) is 6.74. The quantitative estimate of drug-likeness (QED) is 0.767. The molecule has 1 aliphatic heterocycles. The molecule has 0 aromatic heterocycles. The molecule has 0 radical (unpaired) electrons. The fourth-order valence-corrected chi connectivity index (χ4v) is 2.34. The van der Waals surface area contributed by atoms with Gasteiger partial charge in [0.25, 0.3) is 5.91 Å². The molecule has 0 spiro atoms. The normalized spacial score (nSPS) is 17.1. The van der Waals surface area contributed by atoms with Gasteiger partial charge in [-0.2, -0.15) is 0 Å². The van der Waals surface area contributed by atoms with Gasteiger partial charge in [0.2, 0.25) is 0 Å². The lowest BCUT2D eigenvalue weighted by Crippen LogP contribution is -2.38. The maximum Gasteiger partial charge on any atom is 0.258 e. The van der Waals surface area contributed by atoms with Gasteiger partial charge in [-0.15, -0.1) is 0 Å². The molecule has 100 valence electrons. The van der Waals surface area contributed by atoms with Gasteiger partial charge in [0, 0.05) is 12.1 Å². The van der Waals surface area contributed by atoms with Crippen molar-refractivity contribution in [3.05, 3.63) is 71.5 Å². The van der Waals surface area contributed by atoms with Crippen LogP contribution in [0.4, 0.5) is 0 Å². The third-order valence-electron chi connectivity index (χ3n) is 3.43. The van der Waals surface area contributed by atoms with Gasteiger partial charge in [-0.05, 0) is 31.2 Å². The molecular formula is C17H16N2O. The van der Waals surface area contributed by atoms with Gasteiger partial charge in [0.05, 0.1) is 18.0 Å². The number of carbonyl (C=O) groups is 1. The second kappa shape index (κ2) is 5.29. The zero-order valence-electron chi connectivity index (χ0n) is 11.4. The van der Waals surface area contributed by atoms with E-state index in [-0.39, 0.29) is 5.91 Å². The highest BCUT2D eigenvalue weighted by molar-refractivity contribution is 6.12. The van der Waals surface area contributed by atoms with E-state index in [0.717, 1.165) is 22.5 Å². The predicted octanol–water partition coefficient (Wildman–Crippen LogP) is 2.90. The van der Waals surface area contributed by atoms with Crippen molar-refractivity contribution >= 4 is 11.6 Å². The summed E-state index contributed by atoms with van der Waals surface area (Å²) in [7, 11) is 0. The van der Waals surface area contributed by atoms with Crippen molar-refractivity contribution < 1.29 is 4.79 Å². The van der Waals surface area contributed by atoms with Crippen LogP contribution < -0.4 is 0 Å². The third-order valence-corrected chi connectivity index (χ3v) is 3.43. The van der Waals surface area contributed by atoms with Crippen LogP contribution in [0.2, 0.25) is 0 Å². The van der Waals surface area contributed by atoms with Crippen LogP contribution in [0.3, 0.4) is 0 Å². The summed E-state index contributed by atoms with van der Waals surface area (Å²) in [5.41, 5.74) is 3.63. The van der Waals surface area contributed by atoms with E-state index in [9.17, 15) is 4.79 Å². The molecule has 1 aliphatic carbocycles. The fraction of sp³-hybridized carbons (Fsp3) is 0.176. The third kappa shape index (κ3) is 2.35. The molecule has 0 saturated heterocycles. The molecule has 0 N–H and O–H groups in total. The SMILES string of the molecule is Cc1ccc(C(=O)N2CCN=C3C=CC=CC=C32)cc1. The van der Waals surface area contributed by atoms with Crippen LogP contribution in [-0.2, 0) is 0 Å². The number of carbonyl (C=O) groups excluding carboxylic acids is 1. The largest absolute Gasteiger partial charge is 0.304 e. The summed E-state index contributed by atoms with van der Waals surface area (Å²) in [6, 6.07) is 7.69. The van der Waals surface area contributed by atoms with Crippen molar-refractivity contribution in [3.8, 4) is 0 Å². The van der Waals surface area contributed by atoms with E-state index in [1.54, 1.807) is 0 Å². The molecule has 3 heteroatoms. The summed E-state index contributed by atoms with van der Waals surface area (Å²) in [6.45, 7) is 3.29. The first-order valence-electron chi connectivity index (χ1n) is 6.74. The highest BCUT2D eigenvalue weighted by Gasteiger charge is 2.24. The average Bonchev–Trinajstić information content (AvgIpc) is 2.72. The number of rotatable bonds is 1. The smallest absolute Gasteiger partial charge is 0.258 e. The highest BCUT2D eigenvalue weighted by atomic mass is 16.2. The lowest BCUT2D eigenvalue weighted by Gasteiger charge is -2.28. The zero-order chi connectivity index (χ0) is 13.9. The van der Waals surface area contributed by atoms with E-state index in [1.807, 2.05) is 66.5 Å². The molecule has 1 aromatic rings. The second-order valence-corrected chi connectivity index (χ2v) is 4.89. The minimum Gasteiger partial charge on any atom is -0.304 e. The molecule has 1 amide bonds. The Bertz CT molecular complexity index is 648. The summed E-state index contributed by atoms with van der Waals surface area (Å²) in [5, 5.41) is 0. The monoisotopic (exact) mass is 264 g/mol. The highest BCUT2D eigenvalue weighted by Crippen LogP contribution is 2.19. The maximum absolute atomic E-state index is 12.7. The standard InChI is InChI=1S/C17H16N2O/c1-13-7-9-14(10-8-13)17(20)19-12-11-18-15-5-3-2-4-6-16(15)19/h2-10H,11-12H2,1H3. The van der Waals surface area contributed by atoms with E-state index in [1.165, 1.54) is 0 Å². The number of aliphatic imine (C=N–C) groups is 1. The number of aryl methyl sites for hydroxylation is 1. The van der Waals surface area contributed by atoms with Crippen molar-refractivity contribution in [2.24, 2.45) is 4.99 Å². The summed E-state index contributed by atoms with van der Waals surface area (Å²) < 4.78 is 0. The zero-order valence-corrected chi connectivity index (χ0v) is 11.4. The van der Waals surface area contributed by atoms with Crippen molar-refractivity contribution in [3.63, 3.8) is 0 Å². The molecule has 20 heavy (non-hydrogen) atoms. The molecule has 3 rings (SSSR count). The Morgan fingerprint density at radius 1 is 1.15 bits per heavy atom. The Kier molecular flexibility index (Phi) is 3.33. The Labute approximate surface area is 118 Å². The Morgan fingerprint density at radius 2 is 1.95 bits per heavy atom. The van der Waals surface area contributed by atoms with E-state index in [0.29, 0.717) is 13.1 Å². The number of fused-ring (bicyclic) bond motifs is 1. The van der Waals surface area contributed by atoms with Gasteiger partial charge < -0.3 is 4.90 Å². The average molecular weight is 264 g/mol. The van der Waals surface area contributed by atoms with Crippen LogP contribution in [0.1, 0.15) is 15.9 Å². The van der Waals surface area contributed by atoms with Gasteiger partial charge in [-0.3, -0.25) is 9.79 Å². The number of benzene rings is 1. The minimum absolute atomic E-state index is 0.0346. The lowest BCUT2D eigenvalue weighted by molar-refractivity contribution is 0.0814. The van der Waals surface area contributed by atoms with Crippen LogP contribution in [0.15, 0.2) is 65.3 Å².